The van der Waals surface area contributed by atoms with E-state index in [4.69, 9.17) is 4.74 Å². The first-order valence-electron chi connectivity index (χ1n) is 8.02. The summed E-state index contributed by atoms with van der Waals surface area (Å²) in [5.74, 6) is -0.827. The van der Waals surface area contributed by atoms with Crippen LogP contribution in [0.15, 0.2) is 36.4 Å². The standard InChI is InChI=1S/C18H22N2O4/c1-4-20(5-2)18(23)24-15(13-9-7-6-8-10-13)11-14-12-16(21)19(3)17(14)22/h6-11,14H,4-5,12H2,1-3H3/b15-11-. The third-order valence-corrected chi connectivity index (χ3v) is 4.05. The highest BCUT2D eigenvalue weighted by Crippen LogP contribution is 2.25. The molecule has 0 N–H and O–H groups in total. The van der Waals surface area contributed by atoms with Gasteiger partial charge in [-0.15, -0.1) is 0 Å². The number of carbonyl (C=O) groups is 3. The van der Waals surface area contributed by atoms with E-state index in [0.29, 0.717) is 24.4 Å². The molecule has 3 amide bonds. The fraction of sp³-hybridized carbons (Fsp3) is 0.389. The zero-order valence-electron chi connectivity index (χ0n) is 14.2. The first-order valence-corrected chi connectivity index (χ1v) is 8.02. The van der Waals surface area contributed by atoms with Crippen molar-refractivity contribution < 1.29 is 19.1 Å². The minimum absolute atomic E-state index is 0.0918. The molecule has 0 bridgehead atoms. The van der Waals surface area contributed by atoms with Crippen molar-refractivity contribution in [3.63, 3.8) is 0 Å². The van der Waals surface area contributed by atoms with Gasteiger partial charge in [0.25, 0.3) is 0 Å². The van der Waals surface area contributed by atoms with E-state index in [1.165, 1.54) is 7.05 Å². The van der Waals surface area contributed by atoms with E-state index >= 15 is 0 Å². The minimum atomic E-state index is -0.609. The Balaban J connectivity index is 2.30. The average Bonchev–Trinajstić information content (AvgIpc) is 2.83. The second-order valence-corrected chi connectivity index (χ2v) is 5.54. The first kappa shape index (κ1) is 17.7. The molecule has 1 heterocycles. The molecule has 1 unspecified atom stereocenters. The van der Waals surface area contributed by atoms with Crippen LogP contribution in [-0.2, 0) is 14.3 Å². The van der Waals surface area contributed by atoms with E-state index in [2.05, 4.69) is 0 Å². The van der Waals surface area contributed by atoms with Gasteiger partial charge in [0, 0.05) is 32.1 Å². The molecular weight excluding hydrogens is 308 g/mol. The highest BCUT2D eigenvalue weighted by Gasteiger charge is 2.35. The lowest BCUT2D eigenvalue weighted by atomic mass is 10.0. The van der Waals surface area contributed by atoms with Gasteiger partial charge >= 0.3 is 6.09 Å². The van der Waals surface area contributed by atoms with E-state index < -0.39 is 12.0 Å². The molecule has 2 rings (SSSR count). The minimum Gasteiger partial charge on any atom is -0.410 e. The fourth-order valence-corrected chi connectivity index (χ4v) is 2.53. The fourth-order valence-electron chi connectivity index (χ4n) is 2.53. The lowest BCUT2D eigenvalue weighted by Crippen LogP contribution is -2.31. The van der Waals surface area contributed by atoms with Crippen molar-refractivity contribution in [2.75, 3.05) is 20.1 Å². The molecule has 1 saturated heterocycles. The van der Waals surface area contributed by atoms with Crippen LogP contribution in [0.25, 0.3) is 5.76 Å². The van der Waals surface area contributed by atoms with Crippen molar-refractivity contribution in [2.24, 2.45) is 5.92 Å². The van der Waals surface area contributed by atoms with Crippen molar-refractivity contribution in [3.05, 3.63) is 42.0 Å². The topological polar surface area (TPSA) is 66.9 Å². The van der Waals surface area contributed by atoms with E-state index in [9.17, 15) is 14.4 Å². The van der Waals surface area contributed by atoms with Gasteiger partial charge in [-0.05, 0) is 19.9 Å². The van der Waals surface area contributed by atoms with Gasteiger partial charge in [-0.2, -0.15) is 0 Å². The van der Waals surface area contributed by atoms with E-state index in [-0.39, 0.29) is 18.2 Å². The van der Waals surface area contributed by atoms with Crippen LogP contribution in [0.1, 0.15) is 25.8 Å². The Labute approximate surface area is 141 Å². The van der Waals surface area contributed by atoms with Crippen LogP contribution in [0.4, 0.5) is 4.79 Å². The maximum absolute atomic E-state index is 12.3. The van der Waals surface area contributed by atoms with Crippen LogP contribution < -0.4 is 0 Å². The predicted octanol–water partition coefficient (Wildman–Crippen LogP) is 2.51. The van der Waals surface area contributed by atoms with E-state index in [0.717, 1.165) is 4.90 Å². The summed E-state index contributed by atoms with van der Waals surface area (Å²) in [5.41, 5.74) is 0.688. The molecule has 128 valence electrons. The molecule has 1 aliphatic heterocycles. The number of ether oxygens (including phenoxy) is 1. The van der Waals surface area contributed by atoms with Gasteiger partial charge < -0.3 is 9.64 Å². The van der Waals surface area contributed by atoms with Gasteiger partial charge in [-0.25, -0.2) is 4.79 Å². The number of likely N-dealkylation sites (tertiary alicyclic amines) is 1. The summed E-state index contributed by atoms with van der Waals surface area (Å²) >= 11 is 0. The first-order chi connectivity index (χ1) is 11.5. The Morgan fingerprint density at radius 3 is 2.38 bits per heavy atom. The Hall–Kier alpha value is -2.63. The highest BCUT2D eigenvalue weighted by molar-refractivity contribution is 6.04. The lowest BCUT2D eigenvalue weighted by molar-refractivity contribution is -0.137. The number of benzene rings is 1. The number of hydrogen-bond donors (Lipinski definition) is 0. The van der Waals surface area contributed by atoms with Crippen LogP contribution >= 0.6 is 0 Å². The smallest absolute Gasteiger partial charge is 0.410 e. The maximum Gasteiger partial charge on any atom is 0.415 e. The molecular formula is C18H22N2O4. The van der Waals surface area contributed by atoms with Crippen LogP contribution in [-0.4, -0.2) is 47.8 Å². The van der Waals surface area contributed by atoms with Gasteiger partial charge in [0.2, 0.25) is 11.8 Å². The zero-order valence-corrected chi connectivity index (χ0v) is 14.2. The van der Waals surface area contributed by atoms with Crippen LogP contribution in [0.2, 0.25) is 0 Å². The molecule has 0 aromatic heterocycles. The second-order valence-electron chi connectivity index (χ2n) is 5.54. The third-order valence-electron chi connectivity index (χ3n) is 4.05. The normalized spacial score (nSPS) is 18.0. The maximum atomic E-state index is 12.3. The average molecular weight is 330 g/mol. The van der Waals surface area contributed by atoms with Crippen molar-refractivity contribution in [1.82, 2.24) is 9.80 Å². The molecule has 0 radical (unpaired) electrons. The molecule has 6 heteroatoms. The molecule has 1 aliphatic rings. The number of hydrogen-bond acceptors (Lipinski definition) is 4. The molecule has 0 spiro atoms. The van der Waals surface area contributed by atoms with Gasteiger partial charge in [0.15, 0.2) is 0 Å². The lowest BCUT2D eigenvalue weighted by Gasteiger charge is -2.19. The summed E-state index contributed by atoms with van der Waals surface area (Å²) in [7, 11) is 1.46. The highest BCUT2D eigenvalue weighted by atomic mass is 16.6. The second kappa shape index (κ2) is 7.77. The number of imide groups is 1. The summed E-state index contributed by atoms with van der Waals surface area (Å²) in [6.07, 6.45) is 1.19. The molecule has 0 aliphatic carbocycles. The van der Waals surface area contributed by atoms with Gasteiger partial charge in [-0.3, -0.25) is 14.5 Å². The zero-order chi connectivity index (χ0) is 17.7. The number of carbonyl (C=O) groups excluding carboxylic acids is 3. The van der Waals surface area contributed by atoms with Gasteiger partial charge in [0.1, 0.15) is 5.76 Å². The summed E-state index contributed by atoms with van der Waals surface area (Å²) in [5, 5.41) is 0. The Morgan fingerprint density at radius 2 is 1.88 bits per heavy atom. The summed E-state index contributed by atoms with van der Waals surface area (Å²) < 4.78 is 5.53. The van der Waals surface area contributed by atoms with Crippen LogP contribution in [0, 0.1) is 5.92 Å². The number of amides is 3. The largest absolute Gasteiger partial charge is 0.415 e. The Kier molecular flexibility index (Phi) is 5.73. The monoisotopic (exact) mass is 330 g/mol. The molecule has 1 atom stereocenters. The van der Waals surface area contributed by atoms with Crippen molar-refractivity contribution >= 4 is 23.7 Å². The molecule has 1 fully saturated rings. The third kappa shape index (κ3) is 3.82. The van der Waals surface area contributed by atoms with Crippen LogP contribution in [0.5, 0.6) is 0 Å². The van der Waals surface area contributed by atoms with Crippen molar-refractivity contribution in [1.29, 1.82) is 0 Å². The molecule has 6 nitrogen and oxygen atoms in total. The van der Waals surface area contributed by atoms with Gasteiger partial charge in [-0.1, -0.05) is 30.3 Å². The van der Waals surface area contributed by atoms with Crippen molar-refractivity contribution in [3.8, 4) is 0 Å². The molecule has 1 aromatic carbocycles. The molecule has 24 heavy (non-hydrogen) atoms. The summed E-state index contributed by atoms with van der Waals surface area (Å²) in [6, 6.07) is 9.09. The van der Waals surface area contributed by atoms with E-state index in [1.54, 1.807) is 23.1 Å². The summed E-state index contributed by atoms with van der Waals surface area (Å²) in [4.78, 5) is 38.7. The van der Waals surface area contributed by atoms with Crippen molar-refractivity contribution in [2.45, 2.75) is 20.3 Å². The van der Waals surface area contributed by atoms with Gasteiger partial charge in [0.05, 0.1) is 5.92 Å². The SMILES string of the molecule is CCN(CC)C(=O)O/C(=C\C1CC(=O)N(C)C1=O)c1ccccc1. The molecule has 1 aromatic rings. The number of nitrogens with zero attached hydrogens (tertiary/aromatic N) is 2. The van der Waals surface area contributed by atoms with Crippen LogP contribution in [0.3, 0.4) is 0 Å². The molecule has 0 saturated carbocycles. The number of rotatable bonds is 5. The quantitative estimate of drug-likeness (QED) is 0.614. The predicted molar refractivity (Wildman–Crippen MR) is 89.7 cm³/mol. The summed E-state index contributed by atoms with van der Waals surface area (Å²) in [6.45, 7) is 4.79. The Bertz CT molecular complexity index is 650. The Morgan fingerprint density at radius 1 is 1.25 bits per heavy atom. The van der Waals surface area contributed by atoms with E-state index in [1.807, 2.05) is 32.0 Å².